The quantitative estimate of drug-likeness (QED) is 0.859. The molecule has 0 aliphatic carbocycles. The molecular formula is C19H23ClF2N2. The number of benzene rings is 2. The van der Waals surface area contributed by atoms with Gasteiger partial charge in [-0.05, 0) is 16.7 Å². The molecular weight excluding hydrogens is 330 g/mol. The summed E-state index contributed by atoms with van der Waals surface area (Å²) in [5, 5.41) is 3.28. The molecule has 0 unspecified atom stereocenters. The molecule has 0 spiro atoms. The summed E-state index contributed by atoms with van der Waals surface area (Å²) in [7, 11) is 0. The highest BCUT2D eigenvalue weighted by Gasteiger charge is 2.25. The van der Waals surface area contributed by atoms with E-state index in [0.717, 1.165) is 42.9 Å². The highest BCUT2D eigenvalue weighted by molar-refractivity contribution is 5.85. The lowest BCUT2D eigenvalue weighted by Crippen LogP contribution is -2.45. The Hall–Kier alpha value is -1.49. The number of halogens is 3. The van der Waals surface area contributed by atoms with Crippen LogP contribution in [0, 0.1) is 0 Å². The van der Waals surface area contributed by atoms with Gasteiger partial charge in [0.15, 0.2) is 0 Å². The van der Waals surface area contributed by atoms with Gasteiger partial charge in [-0.15, -0.1) is 12.4 Å². The van der Waals surface area contributed by atoms with Gasteiger partial charge in [-0.1, -0.05) is 54.6 Å². The molecule has 1 atom stereocenters. The van der Waals surface area contributed by atoms with Crippen LogP contribution in [0.25, 0.3) is 11.1 Å². The van der Waals surface area contributed by atoms with Crippen molar-refractivity contribution >= 4 is 12.4 Å². The van der Waals surface area contributed by atoms with E-state index in [1.807, 2.05) is 42.5 Å². The van der Waals surface area contributed by atoms with Crippen LogP contribution in [0.5, 0.6) is 0 Å². The number of nitrogens with one attached hydrogen (secondary N) is 1. The summed E-state index contributed by atoms with van der Waals surface area (Å²) in [6, 6.07) is 18.0. The molecule has 1 heterocycles. The minimum absolute atomic E-state index is 0. The molecule has 0 amide bonds. The first-order valence-corrected chi connectivity index (χ1v) is 8.12. The van der Waals surface area contributed by atoms with Gasteiger partial charge in [-0.25, -0.2) is 8.78 Å². The second kappa shape index (κ2) is 9.11. The van der Waals surface area contributed by atoms with Crippen molar-refractivity contribution < 1.29 is 8.78 Å². The van der Waals surface area contributed by atoms with Gasteiger partial charge in [0.25, 0.3) is 0 Å². The van der Waals surface area contributed by atoms with Gasteiger partial charge in [0.05, 0.1) is 0 Å². The van der Waals surface area contributed by atoms with Crippen molar-refractivity contribution in [2.75, 3.05) is 26.2 Å². The molecule has 0 bridgehead atoms. The molecule has 24 heavy (non-hydrogen) atoms. The van der Waals surface area contributed by atoms with Crippen LogP contribution in [-0.2, 0) is 0 Å². The normalized spacial score (nSPS) is 16.6. The predicted octanol–water partition coefficient (Wildman–Crippen LogP) is 4.38. The van der Waals surface area contributed by atoms with Crippen molar-refractivity contribution in [1.82, 2.24) is 10.2 Å². The molecule has 2 aromatic rings. The average Bonchev–Trinajstić information content (AvgIpc) is 2.61. The van der Waals surface area contributed by atoms with Gasteiger partial charge in [0.2, 0.25) is 6.43 Å². The summed E-state index contributed by atoms with van der Waals surface area (Å²) in [6.45, 7) is 3.36. The third kappa shape index (κ3) is 4.76. The first kappa shape index (κ1) is 18.8. The maximum absolute atomic E-state index is 13.0. The van der Waals surface area contributed by atoms with E-state index in [9.17, 15) is 8.78 Å². The van der Waals surface area contributed by atoms with Crippen molar-refractivity contribution in [2.24, 2.45) is 0 Å². The highest BCUT2D eigenvalue weighted by atomic mass is 35.5. The van der Waals surface area contributed by atoms with Crippen LogP contribution in [0.15, 0.2) is 54.6 Å². The van der Waals surface area contributed by atoms with Gasteiger partial charge in [-0.2, -0.15) is 0 Å². The summed E-state index contributed by atoms with van der Waals surface area (Å²) in [5.74, 6) is 0. The predicted molar refractivity (Wildman–Crippen MR) is 96.9 cm³/mol. The van der Waals surface area contributed by atoms with E-state index in [1.54, 1.807) is 0 Å². The van der Waals surface area contributed by atoms with Crippen LogP contribution in [-0.4, -0.2) is 37.5 Å². The lowest BCUT2D eigenvalue weighted by Gasteiger charge is -2.35. The lowest BCUT2D eigenvalue weighted by atomic mass is 9.97. The Labute approximate surface area is 148 Å². The first-order chi connectivity index (χ1) is 11.2. The molecule has 0 radical (unpaired) electrons. The third-order valence-corrected chi connectivity index (χ3v) is 4.40. The van der Waals surface area contributed by atoms with Crippen molar-refractivity contribution in [2.45, 2.75) is 18.9 Å². The Balaban J connectivity index is 0.00000208. The highest BCUT2D eigenvalue weighted by Crippen LogP contribution is 2.29. The number of hydrogen-bond donors (Lipinski definition) is 1. The van der Waals surface area contributed by atoms with Gasteiger partial charge in [0.1, 0.15) is 0 Å². The molecule has 1 saturated heterocycles. The summed E-state index contributed by atoms with van der Waals surface area (Å²) in [4.78, 5) is 2.17. The molecule has 3 rings (SSSR count). The molecule has 1 aliphatic rings. The molecule has 5 heteroatoms. The fourth-order valence-corrected chi connectivity index (χ4v) is 3.19. The zero-order valence-corrected chi connectivity index (χ0v) is 14.3. The lowest BCUT2D eigenvalue weighted by molar-refractivity contribution is 0.0739. The van der Waals surface area contributed by atoms with E-state index >= 15 is 0 Å². The molecule has 1 fully saturated rings. The van der Waals surface area contributed by atoms with Gasteiger partial charge < -0.3 is 5.32 Å². The molecule has 2 nitrogen and oxygen atoms in total. The van der Waals surface area contributed by atoms with E-state index < -0.39 is 6.43 Å². The average molecular weight is 353 g/mol. The second-order valence-corrected chi connectivity index (χ2v) is 5.92. The summed E-state index contributed by atoms with van der Waals surface area (Å²) >= 11 is 0. The van der Waals surface area contributed by atoms with E-state index in [-0.39, 0.29) is 24.9 Å². The zero-order valence-electron chi connectivity index (χ0n) is 13.5. The minimum atomic E-state index is -2.29. The zero-order chi connectivity index (χ0) is 16.1. The Morgan fingerprint density at radius 2 is 1.46 bits per heavy atom. The van der Waals surface area contributed by atoms with Crippen LogP contribution in [0.3, 0.4) is 0 Å². The second-order valence-electron chi connectivity index (χ2n) is 5.92. The fraction of sp³-hybridized carbons (Fsp3) is 0.368. The standard InChI is InChI=1S/C19H22F2N2.ClH/c20-19(21)14-18(23-12-10-22-11-13-23)17-8-6-16(7-9-17)15-4-2-1-3-5-15;/h1-9,18-19,22H,10-14H2;1H/t18-;/m1./s1. The van der Waals surface area contributed by atoms with Crippen LogP contribution < -0.4 is 5.32 Å². The van der Waals surface area contributed by atoms with Crippen LogP contribution in [0.4, 0.5) is 8.78 Å². The number of alkyl halides is 2. The van der Waals surface area contributed by atoms with Crippen molar-refractivity contribution in [3.63, 3.8) is 0 Å². The van der Waals surface area contributed by atoms with Crippen molar-refractivity contribution in [3.05, 3.63) is 60.2 Å². The van der Waals surface area contributed by atoms with Crippen molar-refractivity contribution in [3.8, 4) is 11.1 Å². The van der Waals surface area contributed by atoms with E-state index in [2.05, 4.69) is 22.3 Å². The Kier molecular flexibility index (Phi) is 7.16. The smallest absolute Gasteiger partial charge is 0.240 e. The Bertz CT molecular complexity index is 599. The van der Waals surface area contributed by atoms with Crippen LogP contribution in [0.1, 0.15) is 18.0 Å². The van der Waals surface area contributed by atoms with Crippen LogP contribution >= 0.6 is 12.4 Å². The SMILES string of the molecule is Cl.FC(F)C[C@H](c1ccc(-c2ccccc2)cc1)N1CCNCC1. The molecule has 0 saturated carbocycles. The summed E-state index contributed by atoms with van der Waals surface area (Å²) in [5.41, 5.74) is 3.24. The van der Waals surface area contributed by atoms with Crippen LogP contribution in [0.2, 0.25) is 0 Å². The number of piperazine rings is 1. The third-order valence-electron chi connectivity index (χ3n) is 4.40. The summed E-state index contributed by atoms with van der Waals surface area (Å²) in [6.07, 6.45) is -2.39. The van der Waals surface area contributed by atoms with Gasteiger partial charge >= 0.3 is 0 Å². The van der Waals surface area contributed by atoms with Gasteiger partial charge in [0, 0.05) is 38.6 Å². The largest absolute Gasteiger partial charge is 0.314 e. The fourth-order valence-electron chi connectivity index (χ4n) is 3.19. The maximum Gasteiger partial charge on any atom is 0.240 e. The van der Waals surface area contributed by atoms with Crippen molar-refractivity contribution in [1.29, 1.82) is 0 Å². The monoisotopic (exact) mass is 352 g/mol. The minimum Gasteiger partial charge on any atom is -0.314 e. The molecule has 130 valence electrons. The molecule has 2 aromatic carbocycles. The number of rotatable bonds is 5. The number of nitrogens with zero attached hydrogens (tertiary/aromatic N) is 1. The molecule has 1 aliphatic heterocycles. The Morgan fingerprint density at radius 1 is 0.875 bits per heavy atom. The van der Waals surface area contributed by atoms with E-state index in [0.29, 0.717) is 0 Å². The van der Waals surface area contributed by atoms with E-state index in [4.69, 9.17) is 0 Å². The summed E-state index contributed by atoms with van der Waals surface area (Å²) < 4.78 is 26.1. The number of hydrogen-bond acceptors (Lipinski definition) is 2. The molecule has 0 aromatic heterocycles. The Morgan fingerprint density at radius 3 is 2.04 bits per heavy atom. The molecule has 1 N–H and O–H groups in total. The van der Waals surface area contributed by atoms with Gasteiger partial charge in [-0.3, -0.25) is 4.90 Å². The maximum atomic E-state index is 13.0. The first-order valence-electron chi connectivity index (χ1n) is 8.12. The van der Waals surface area contributed by atoms with E-state index in [1.165, 1.54) is 0 Å². The topological polar surface area (TPSA) is 15.3 Å².